The number of aromatic nitrogens is 5. The van der Waals surface area contributed by atoms with E-state index >= 15 is 0 Å². The van der Waals surface area contributed by atoms with E-state index in [4.69, 9.17) is 51.1 Å². The maximum atomic E-state index is 13.8. The molecule has 2 aromatic carbocycles. The van der Waals surface area contributed by atoms with Gasteiger partial charge in [0, 0.05) is 28.5 Å². The van der Waals surface area contributed by atoms with Crippen LogP contribution in [0.1, 0.15) is 28.9 Å². The molecule has 1 aliphatic rings. The summed E-state index contributed by atoms with van der Waals surface area (Å²) in [7, 11) is 0. The highest BCUT2D eigenvalue weighted by molar-refractivity contribution is 6.36. The van der Waals surface area contributed by atoms with Crippen molar-refractivity contribution in [2.24, 2.45) is 0 Å². The summed E-state index contributed by atoms with van der Waals surface area (Å²) in [5.41, 5.74) is 3.34. The summed E-state index contributed by atoms with van der Waals surface area (Å²) < 4.78 is 20.8. The van der Waals surface area contributed by atoms with Gasteiger partial charge < -0.3 is 15.4 Å². The average molecular weight is 630 g/mol. The predicted octanol–water partition coefficient (Wildman–Crippen LogP) is 7.36. The third-order valence-electron chi connectivity index (χ3n) is 6.52. The molecule has 14 heteroatoms. The summed E-state index contributed by atoms with van der Waals surface area (Å²) in [4.78, 5) is 8.58. The molecule has 0 unspecified atom stereocenters. The minimum absolute atomic E-state index is 0.0648. The maximum absolute atomic E-state index is 13.8. The molecule has 1 fully saturated rings. The summed E-state index contributed by atoms with van der Waals surface area (Å²) in [5.74, 6) is -0.560. The van der Waals surface area contributed by atoms with Crippen molar-refractivity contribution in [2.45, 2.75) is 12.1 Å². The van der Waals surface area contributed by atoms with Gasteiger partial charge in [-0.25, -0.2) is 14.1 Å². The van der Waals surface area contributed by atoms with Crippen LogP contribution in [-0.2, 0) is 4.74 Å². The standard InChI is InChI=1S/C27H17Cl4FN8O/c28-19-6-14(1-3-21(19)32)35-24-13(8-33)9-34-25-18(24)5-15(7-20(25)29)36-26(17-2-4-23(30)37-27(17)31)22-10-40(39-38-22)16-11-41-12-16/h1-7,9-10,16,26,36H,11-12H2,(H,34,35)/t26-/m0/s1. The zero-order valence-corrected chi connectivity index (χ0v) is 23.8. The molecule has 3 aromatic heterocycles. The van der Waals surface area contributed by atoms with Crippen LogP contribution in [0.3, 0.4) is 0 Å². The van der Waals surface area contributed by atoms with Gasteiger partial charge in [-0.3, -0.25) is 4.98 Å². The zero-order valence-electron chi connectivity index (χ0n) is 20.7. The van der Waals surface area contributed by atoms with E-state index in [1.54, 1.807) is 28.9 Å². The highest BCUT2D eigenvalue weighted by Gasteiger charge is 2.26. The first-order chi connectivity index (χ1) is 19.8. The average Bonchev–Trinajstić information content (AvgIpc) is 3.38. The van der Waals surface area contributed by atoms with E-state index in [-0.39, 0.29) is 26.9 Å². The van der Waals surface area contributed by atoms with Crippen LogP contribution >= 0.6 is 46.4 Å². The number of nitriles is 1. The molecule has 0 spiro atoms. The van der Waals surface area contributed by atoms with E-state index in [1.165, 1.54) is 24.4 Å². The third kappa shape index (κ3) is 5.47. The molecule has 206 valence electrons. The van der Waals surface area contributed by atoms with E-state index < -0.39 is 11.9 Å². The number of ether oxygens (including phenoxy) is 1. The molecule has 6 rings (SSSR count). The van der Waals surface area contributed by atoms with Crippen LogP contribution in [0.15, 0.2) is 54.9 Å². The second-order valence-corrected chi connectivity index (χ2v) is 10.7. The second-order valence-electron chi connectivity index (χ2n) is 9.17. The lowest BCUT2D eigenvalue weighted by Gasteiger charge is -2.25. The molecule has 4 heterocycles. The smallest absolute Gasteiger partial charge is 0.141 e. The normalized spacial score (nSPS) is 14.0. The Kier molecular flexibility index (Phi) is 7.55. The van der Waals surface area contributed by atoms with Crippen LogP contribution in [0.4, 0.5) is 21.5 Å². The third-order valence-corrected chi connectivity index (χ3v) is 7.61. The Bertz CT molecular complexity index is 1840. The molecule has 0 amide bonds. The van der Waals surface area contributed by atoms with Crippen molar-refractivity contribution in [1.82, 2.24) is 25.0 Å². The molecule has 1 atom stereocenters. The van der Waals surface area contributed by atoms with E-state index in [9.17, 15) is 9.65 Å². The van der Waals surface area contributed by atoms with E-state index in [1.807, 2.05) is 6.20 Å². The Morgan fingerprint density at radius 2 is 1.85 bits per heavy atom. The number of anilines is 3. The van der Waals surface area contributed by atoms with Gasteiger partial charge in [-0.05, 0) is 36.4 Å². The zero-order chi connectivity index (χ0) is 28.7. The van der Waals surface area contributed by atoms with E-state index in [0.29, 0.717) is 57.5 Å². The number of nitrogens with zero attached hydrogens (tertiary/aromatic N) is 6. The highest BCUT2D eigenvalue weighted by atomic mass is 35.5. The lowest BCUT2D eigenvalue weighted by atomic mass is 10.0. The molecule has 9 nitrogen and oxygen atoms in total. The van der Waals surface area contributed by atoms with E-state index in [0.717, 1.165) is 0 Å². The molecule has 0 saturated carbocycles. The van der Waals surface area contributed by atoms with Crippen LogP contribution in [0.25, 0.3) is 10.9 Å². The molecule has 5 aromatic rings. The van der Waals surface area contributed by atoms with Crippen LogP contribution in [-0.4, -0.2) is 38.2 Å². The van der Waals surface area contributed by atoms with Gasteiger partial charge >= 0.3 is 0 Å². The minimum Gasteiger partial charge on any atom is -0.377 e. The van der Waals surface area contributed by atoms with Gasteiger partial charge in [0.15, 0.2) is 0 Å². The van der Waals surface area contributed by atoms with E-state index in [2.05, 4.69) is 37.0 Å². The van der Waals surface area contributed by atoms with Crippen molar-refractivity contribution < 1.29 is 9.13 Å². The number of rotatable bonds is 7. The topological polar surface area (TPSA) is 114 Å². The first-order valence-electron chi connectivity index (χ1n) is 12.1. The summed E-state index contributed by atoms with van der Waals surface area (Å²) in [6.45, 7) is 1.10. The molecular weight excluding hydrogens is 613 g/mol. The van der Waals surface area contributed by atoms with Crippen molar-refractivity contribution in [1.29, 1.82) is 5.26 Å². The molecule has 2 N–H and O–H groups in total. The molecule has 0 aliphatic carbocycles. The van der Waals surface area contributed by atoms with Crippen molar-refractivity contribution in [2.75, 3.05) is 23.8 Å². The van der Waals surface area contributed by atoms with Gasteiger partial charge in [0.05, 0.1) is 46.2 Å². The summed E-state index contributed by atoms with van der Waals surface area (Å²) in [6.07, 6.45) is 3.23. The number of nitrogens with one attached hydrogen (secondary N) is 2. The Morgan fingerprint density at radius 1 is 1.05 bits per heavy atom. The van der Waals surface area contributed by atoms with Crippen molar-refractivity contribution in [3.63, 3.8) is 0 Å². The Balaban J connectivity index is 1.45. The SMILES string of the molecule is N#Cc1cnc2c(Cl)cc(N[C@H](c3cn(C4COC4)nn3)c3ccc(Cl)nc3Cl)cc2c1Nc1ccc(F)c(Cl)c1. The monoisotopic (exact) mass is 628 g/mol. The molecule has 0 radical (unpaired) electrons. The van der Waals surface area contributed by atoms with Gasteiger partial charge in [-0.2, -0.15) is 5.26 Å². The fourth-order valence-electron chi connectivity index (χ4n) is 4.37. The lowest BCUT2D eigenvalue weighted by molar-refractivity contribution is -0.0293. The first-order valence-corrected chi connectivity index (χ1v) is 13.6. The van der Waals surface area contributed by atoms with Crippen LogP contribution in [0.5, 0.6) is 0 Å². The Morgan fingerprint density at radius 3 is 2.56 bits per heavy atom. The maximum Gasteiger partial charge on any atom is 0.141 e. The van der Waals surface area contributed by atoms with Crippen LogP contribution in [0.2, 0.25) is 20.4 Å². The van der Waals surface area contributed by atoms with Gasteiger partial charge in [0.2, 0.25) is 0 Å². The molecule has 1 saturated heterocycles. The van der Waals surface area contributed by atoms with Crippen molar-refractivity contribution in [3.8, 4) is 6.07 Å². The van der Waals surface area contributed by atoms with Gasteiger partial charge in [-0.15, -0.1) is 5.10 Å². The Hall–Kier alpha value is -3.72. The second kappa shape index (κ2) is 11.3. The molecule has 0 bridgehead atoms. The quantitative estimate of drug-likeness (QED) is 0.180. The van der Waals surface area contributed by atoms with Crippen LogP contribution in [0, 0.1) is 17.1 Å². The summed E-state index contributed by atoms with van der Waals surface area (Å²) in [5, 5.41) is 26.3. The predicted molar refractivity (Wildman–Crippen MR) is 156 cm³/mol. The lowest BCUT2D eigenvalue weighted by Crippen LogP contribution is -2.31. The fraction of sp³-hybridized carbons (Fsp3) is 0.148. The number of benzene rings is 2. The number of fused-ring (bicyclic) bond motifs is 1. The Labute approximate surface area is 252 Å². The summed E-state index contributed by atoms with van der Waals surface area (Å²) in [6, 6.07) is 12.7. The number of hydrogen-bond donors (Lipinski definition) is 2. The van der Waals surface area contributed by atoms with Gasteiger partial charge in [0.1, 0.15) is 40.0 Å². The van der Waals surface area contributed by atoms with Gasteiger partial charge in [0.25, 0.3) is 0 Å². The van der Waals surface area contributed by atoms with Gasteiger partial charge in [-0.1, -0.05) is 57.7 Å². The van der Waals surface area contributed by atoms with Crippen LogP contribution < -0.4 is 10.6 Å². The largest absolute Gasteiger partial charge is 0.377 e. The minimum atomic E-state index is -0.602. The number of halogens is 5. The molecule has 1 aliphatic heterocycles. The first kappa shape index (κ1) is 27.4. The number of pyridine rings is 2. The number of hydrogen-bond acceptors (Lipinski definition) is 8. The molecule has 41 heavy (non-hydrogen) atoms. The fourth-order valence-corrected chi connectivity index (χ4v) is 5.28. The highest BCUT2D eigenvalue weighted by Crippen LogP contribution is 2.38. The summed E-state index contributed by atoms with van der Waals surface area (Å²) >= 11 is 25.3. The molecular formula is C27H17Cl4FN8O. The van der Waals surface area contributed by atoms with Crippen molar-refractivity contribution >= 4 is 74.4 Å². The van der Waals surface area contributed by atoms with Crippen molar-refractivity contribution in [3.05, 3.63) is 97.8 Å².